The number of hydrogen-bond donors (Lipinski definition) is 1. The molecule has 0 heterocycles. The number of methoxy groups -OCH3 is 1. The summed E-state index contributed by atoms with van der Waals surface area (Å²) in [4.78, 5) is 2.14. The molecule has 2 rings (SSSR count). The summed E-state index contributed by atoms with van der Waals surface area (Å²) in [6.45, 7) is 2.19. The van der Waals surface area contributed by atoms with Gasteiger partial charge in [0.1, 0.15) is 5.75 Å². The van der Waals surface area contributed by atoms with Crippen LogP contribution in [-0.2, 0) is 6.42 Å². The van der Waals surface area contributed by atoms with Gasteiger partial charge < -0.3 is 9.64 Å². The van der Waals surface area contributed by atoms with E-state index in [0.29, 0.717) is 12.0 Å². The molecule has 0 aliphatic heterocycles. The van der Waals surface area contributed by atoms with Gasteiger partial charge in [-0.15, -0.1) is 0 Å². The first-order chi connectivity index (χ1) is 9.63. The molecule has 3 nitrogen and oxygen atoms in total. The molecular weight excluding hydrogens is 248 g/mol. The van der Waals surface area contributed by atoms with Crippen molar-refractivity contribution in [2.45, 2.75) is 45.1 Å². The third-order valence-corrected chi connectivity index (χ3v) is 4.49. The van der Waals surface area contributed by atoms with E-state index in [1.807, 2.05) is 18.2 Å². The number of rotatable bonds is 5. The zero-order valence-corrected chi connectivity index (χ0v) is 12.9. The highest BCUT2D eigenvalue weighted by atomic mass is 16.5. The van der Waals surface area contributed by atoms with Crippen molar-refractivity contribution in [1.82, 2.24) is 4.90 Å². The fourth-order valence-electron chi connectivity index (χ4n) is 3.05. The Bertz CT molecular complexity index is 452. The number of nitrogens with zero attached hydrogens (tertiary/aromatic N) is 1. The summed E-state index contributed by atoms with van der Waals surface area (Å²) in [5.74, 6) is 2.23. The highest BCUT2D eigenvalue weighted by Gasteiger charge is 2.24. The van der Waals surface area contributed by atoms with E-state index < -0.39 is 0 Å². The number of benzene rings is 1. The third kappa shape index (κ3) is 3.33. The molecule has 0 aromatic heterocycles. The minimum atomic E-state index is 0.319. The molecule has 20 heavy (non-hydrogen) atoms. The largest absolute Gasteiger partial charge is 0.496 e. The van der Waals surface area contributed by atoms with Crippen molar-refractivity contribution in [2.24, 2.45) is 5.92 Å². The monoisotopic (exact) mass is 274 g/mol. The molecule has 1 N–H and O–H groups in total. The van der Waals surface area contributed by atoms with Crippen LogP contribution in [-0.4, -0.2) is 30.9 Å². The first-order valence-electron chi connectivity index (χ1n) is 7.56. The van der Waals surface area contributed by atoms with E-state index >= 15 is 0 Å². The molecule has 1 saturated carbocycles. The van der Waals surface area contributed by atoms with E-state index in [4.69, 9.17) is 10.1 Å². The molecule has 0 bridgehead atoms. The molecular formula is C17H26N2O. The Morgan fingerprint density at radius 3 is 2.65 bits per heavy atom. The van der Waals surface area contributed by atoms with Gasteiger partial charge in [0.05, 0.1) is 12.9 Å². The SMILES string of the molecule is COc1ccccc1CC(C)N(C)C(=N)C1CCCC1. The van der Waals surface area contributed by atoms with Gasteiger partial charge in [-0.2, -0.15) is 0 Å². The lowest BCUT2D eigenvalue weighted by Gasteiger charge is -2.30. The van der Waals surface area contributed by atoms with Gasteiger partial charge in [-0.25, -0.2) is 0 Å². The average molecular weight is 274 g/mol. The van der Waals surface area contributed by atoms with Gasteiger partial charge in [0, 0.05) is 19.0 Å². The maximum Gasteiger partial charge on any atom is 0.122 e. The van der Waals surface area contributed by atoms with E-state index in [0.717, 1.165) is 18.0 Å². The van der Waals surface area contributed by atoms with Crippen molar-refractivity contribution in [3.8, 4) is 5.75 Å². The van der Waals surface area contributed by atoms with Crippen molar-refractivity contribution in [3.05, 3.63) is 29.8 Å². The Kier molecular flexibility index (Phi) is 5.05. The highest BCUT2D eigenvalue weighted by Crippen LogP contribution is 2.28. The first kappa shape index (κ1) is 14.9. The second kappa shape index (κ2) is 6.78. The number of ether oxygens (including phenoxy) is 1. The van der Waals surface area contributed by atoms with E-state index in [1.165, 1.54) is 31.2 Å². The van der Waals surface area contributed by atoms with Gasteiger partial charge in [0.2, 0.25) is 0 Å². The van der Waals surface area contributed by atoms with Crippen LogP contribution in [0.4, 0.5) is 0 Å². The molecule has 1 aromatic carbocycles. The van der Waals surface area contributed by atoms with Crippen molar-refractivity contribution in [2.75, 3.05) is 14.2 Å². The minimum absolute atomic E-state index is 0.319. The van der Waals surface area contributed by atoms with Crippen LogP contribution in [0, 0.1) is 11.3 Å². The van der Waals surface area contributed by atoms with E-state index in [2.05, 4.69) is 24.9 Å². The maximum absolute atomic E-state index is 8.38. The molecule has 0 saturated heterocycles. The molecule has 0 radical (unpaired) electrons. The van der Waals surface area contributed by atoms with E-state index in [-0.39, 0.29) is 0 Å². The van der Waals surface area contributed by atoms with Gasteiger partial charge >= 0.3 is 0 Å². The molecule has 1 aliphatic rings. The minimum Gasteiger partial charge on any atom is -0.496 e. The zero-order valence-electron chi connectivity index (χ0n) is 12.9. The molecule has 0 amide bonds. The summed E-state index contributed by atoms with van der Waals surface area (Å²) in [6.07, 6.45) is 5.84. The van der Waals surface area contributed by atoms with Crippen LogP contribution in [0.1, 0.15) is 38.2 Å². The third-order valence-electron chi connectivity index (χ3n) is 4.49. The summed E-state index contributed by atoms with van der Waals surface area (Å²) in [5.41, 5.74) is 1.22. The van der Waals surface area contributed by atoms with E-state index in [1.54, 1.807) is 7.11 Å². The van der Waals surface area contributed by atoms with Gasteiger partial charge in [-0.1, -0.05) is 31.0 Å². The Labute approximate surface area is 122 Å². The standard InChI is InChI=1S/C17H26N2O/c1-13(12-15-10-6-7-11-16(15)20-3)19(2)17(18)14-8-4-5-9-14/h6-7,10-11,13-14,18H,4-5,8-9,12H2,1-3H3. The molecule has 1 atom stereocenters. The van der Waals surface area contributed by atoms with Gasteiger partial charge in [0.15, 0.2) is 0 Å². The lowest BCUT2D eigenvalue weighted by molar-refractivity contribution is 0.355. The lowest BCUT2D eigenvalue weighted by atomic mass is 10.0. The number of likely N-dealkylation sites (N-methyl/N-ethyl adjacent to an activating group) is 1. The van der Waals surface area contributed by atoms with E-state index in [9.17, 15) is 0 Å². The second-order valence-corrected chi connectivity index (χ2v) is 5.84. The van der Waals surface area contributed by atoms with Crippen molar-refractivity contribution in [3.63, 3.8) is 0 Å². The van der Waals surface area contributed by atoms with Crippen LogP contribution in [0.5, 0.6) is 5.75 Å². The molecule has 1 fully saturated rings. The van der Waals surface area contributed by atoms with Crippen molar-refractivity contribution < 1.29 is 4.74 Å². The van der Waals surface area contributed by atoms with Gasteiger partial charge in [-0.05, 0) is 37.8 Å². The number of nitrogens with one attached hydrogen (secondary N) is 1. The predicted octanol–water partition coefficient (Wildman–Crippen LogP) is 3.73. The number of hydrogen-bond acceptors (Lipinski definition) is 2. The quantitative estimate of drug-likeness (QED) is 0.656. The molecule has 1 aliphatic carbocycles. The molecule has 1 aromatic rings. The fraction of sp³-hybridized carbons (Fsp3) is 0.588. The Morgan fingerprint density at radius 1 is 1.35 bits per heavy atom. The predicted molar refractivity (Wildman–Crippen MR) is 83.6 cm³/mol. The Balaban J connectivity index is 1.99. The summed E-state index contributed by atoms with van der Waals surface area (Å²) in [6, 6.07) is 8.48. The van der Waals surface area contributed by atoms with Crippen LogP contribution >= 0.6 is 0 Å². The molecule has 110 valence electrons. The van der Waals surface area contributed by atoms with Crippen LogP contribution in [0.25, 0.3) is 0 Å². The number of amidine groups is 1. The van der Waals surface area contributed by atoms with Crippen LogP contribution in [0.3, 0.4) is 0 Å². The van der Waals surface area contributed by atoms with Crippen LogP contribution in [0.2, 0.25) is 0 Å². The first-order valence-corrected chi connectivity index (χ1v) is 7.56. The van der Waals surface area contributed by atoms with Crippen LogP contribution in [0.15, 0.2) is 24.3 Å². The number of para-hydroxylation sites is 1. The zero-order chi connectivity index (χ0) is 14.5. The Morgan fingerprint density at radius 2 is 2.00 bits per heavy atom. The smallest absolute Gasteiger partial charge is 0.122 e. The average Bonchev–Trinajstić information content (AvgIpc) is 3.00. The van der Waals surface area contributed by atoms with Gasteiger partial charge in [0.25, 0.3) is 0 Å². The lowest BCUT2D eigenvalue weighted by Crippen LogP contribution is -2.39. The van der Waals surface area contributed by atoms with Crippen molar-refractivity contribution >= 4 is 5.84 Å². The molecule has 1 unspecified atom stereocenters. The maximum atomic E-state index is 8.38. The molecule has 3 heteroatoms. The van der Waals surface area contributed by atoms with Crippen molar-refractivity contribution in [1.29, 1.82) is 5.41 Å². The summed E-state index contributed by atoms with van der Waals surface area (Å²) in [7, 11) is 3.77. The second-order valence-electron chi connectivity index (χ2n) is 5.84. The molecule has 0 spiro atoms. The van der Waals surface area contributed by atoms with Gasteiger partial charge in [-0.3, -0.25) is 5.41 Å². The highest BCUT2D eigenvalue weighted by molar-refractivity contribution is 5.82. The summed E-state index contributed by atoms with van der Waals surface area (Å²) >= 11 is 0. The summed E-state index contributed by atoms with van der Waals surface area (Å²) < 4.78 is 5.41. The normalized spacial score (nSPS) is 16.9. The fourth-order valence-corrected chi connectivity index (χ4v) is 3.05. The Hall–Kier alpha value is -1.51. The topological polar surface area (TPSA) is 36.3 Å². The van der Waals surface area contributed by atoms with Crippen LogP contribution < -0.4 is 4.74 Å². The summed E-state index contributed by atoms with van der Waals surface area (Å²) in [5, 5.41) is 8.38.